The molecule has 142 valence electrons. The second kappa shape index (κ2) is 8.62. The molecule has 6 heteroatoms. The van der Waals surface area contributed by atoms with Gasteiger partial charge in [0.25, 0.3) is 0 Å². The maximum absolute atomic E-state index is 13.1. The molecule has 1 heterocycles. The number of nitrogens with zero attached hydrogens (tertiary/aromatic N) is 3. The lowest BCUT2D eigenvalue weighted by molar-refractivity contribution is 0.158. The summed E-state index contributed by atoms with van der Waals surface area (Å²) in [7, 11) is 2.87. The van der Waals surface area contributed by atoms with E-state index in [4.69, 9.17) is 0 Å². The highest BCUT2D eigenvalue weighted by atomic mass is 32.2. The normalized spacial score (nSPS) is 19.7. The topological polar surface area (TPSA) is 43.9 Å². The van der Waals surface area contributed by atoms with Gasteiger partial charge in [-0.3, -0.25) is 0 Å². The second-order valence-corrected chi connectivity index (χ2v) is 9.47. The third-order valence-electron chi connectivity index (χ3n) is 5.06. The zero-order valence-corrected chi connectivity index (χ0v) is 17.1. The van der Waals surface area contributed by atoms with Gasteiger partial charge in [0.05, 0.1) is 4.90 Å². The Hall–Kier alpha value is -0.950. The van der Waals surface area contributed by atoms with E-state index in [9.17, 15) is 8.42 Å². The lowest BCUT2D eigenvalue weighted by atomic mass is 10.1. The fourth-order valence-corrected chi connectivity index (χ4v) is 5.27. The lowest BCUT2D eigenvalue weighted by Gasteiger charge is -2.37. The number of benzene rings is 1. The molecule has 1 fully saturated rings. The van der Waals surface area contributed by atoms with Gasteiger partial charge in [0.2, 0.25) is 10.0 Å². The van der Waals surface area contributed by atoms with Gasteiger partial charge in [-0.1, -0.05) is 12.1 Å². The summed E-state index contributed by atoms with van der Waals surface area (Å²) in [6.45, 7) is 7.09. The van der Waals surface area contributed by atoms with E-state index in [0.29, 0.717) is 24.0 Å². The van der Waals surface area contributed by atoms with Gasteiger partial charge in [-0.05, 0) is 84.5 Å². The molecule has 0 spiro atoms. The summed E-state index contributed by atoms with van der Waals surface area (Å²) in [5.74, 6) is 0. The van der Waals surface area contributed by atoms with E-state index in [-0.39, 0.29) is 0 Å². The van der Waals surface area contributed by atoms with Crippen LogP contribution in [0, 0.1) is 13.8 Å². The van der Waals surface area contributed by atoms with Gasteiger partial charge in [0, 0.05) is 19.1 Å². The van der Waals surface area contributed by atoms with Crippen molar-refractivity contribution in [2.75, 3.05) is 47.3 Å². The lowest BCUT2D eigenvalue weighted by Crippen LogP contribution is -2.49. The molecule has 1 saturated heterocycles. The van der Waals surface area contributed by atoms with Crippen molar-refractivity contribution < 1.29 is 8.42 Å². The van der Waals surface area contributed by atoms with Crippen molar-refractivity contribution in [3.63, 3.8) is 0 Å². The maximum Gasteiger partial charge on any atom is 0.243 e. The van der Waals surface area contributed by atoms with E-state index < -0.39 is 10.0 Å². The standard InChI is InChI=1S/C19H33N3O2S/c1-16-9-10-17(2)19(14-16)25(23,24)22-13-6-8-18(15-22)21(5)12-7-11-20(3)4/h9-10,14,18H,6-8,11-13,15H2,1-5H3/t18-/m1/s1. The zero-order chi connectivity index (χ0) is 18.6. The molecule has 0 N–H and O–H groups in total. The fraction of sp³-hybridized carbons (Fsp3) is 0.684. The average molecular weight is 368 g/mol. The zero-order valence-electron chi connectivity index (χ0n) is 16.3. The number of aryl methyl sites for hydroxylation is 2. The molecule has 1 aliphatic rings. The number of rotatable bonds is 7. The molecule has 0 aliphatic carbocycles. The van der Waals surface area contributed by atoms with Gasteiger partial charge in [-0.25, -0.2) is 8.42 Å². The summed E-state index contributed by atoms with van der Waals surface area (Å²) in [6, 6.07) is 5.97. The van der Waals surface area contributed by atoms with Crippen LogP contribution in [-0.4, -0.2) is 75.9 Å². The Morgan fingerprint density at radius 1 is 1.16 bits per heavy atom. The molecule has 0 unspecified atom stereocenters. The molecule has 25 heavy (non-hydrogen) atoms. The quantitative estimate of drug-likeness (QED) is 0.742. The Bertz CT molecular complexity index is 673. The van der Waals surface area contributed by atoms with Crippen LogP contribution in [0.4, 0.5) is 0 Å². The molecule has 0 aromatic heterocycles. The Morgan fingerprint density at radius 3 is 2.56 bits per heavy atom. The van der Waals surface area contributed by atoms with Crippen LogP contribution in [0.2, 0.25) is 0 Å². The average Bonchev–Trinajstić information content (AvgIpc) is 2.56. The molecule has 5 nitrogen and oxygen atoms in total. The predicted molar refractivity (Wildman–Crippen MR) is 103 cm³/mol. The number of sulfonamides is 1. The van der Waals surface area contributed by atoms with Gasteiger partial charge >= 0.3 is 0 Å². The first-order valence-electron chi connectivity index (χ1n) is 9.14. The van der Waals surface area contributed by atoms with Crippen LogP contribution >= 0.6 is 0 Å². The molecule has 0 bridgehead atoms. The highest BCUT2D eigenvalue weighted by Crippen LogP contribution is 2.25. The Kier molecular flexibility index (Phi) is 7.02. The van der Waals surface area contributed by atoms with Crippen LogP contribution < -0.4 is 0 Å². The molecule has 2 rings (SSSR count). The molecule has 1 aromatic rings. The van der Waals surface area contributed by atoms with Gasteiger partial charge in [0.1, 0.15) is 0 Å². The minimum absolute atomic E-state index is 0.302. The predicted octanol–water partition coefficient (Wildman–Crippen LogP) is 2.34. The largest absolute Gasteiger partial charge is 0.309 e. The van der Waals surface area contributed by atoms with Crippen molar-refractivity contribution in [2.24, 2.45) is 0 Å². The maximum atomic E-state index is 13.1. The SMILES string of the molecule is Cc1ccc(C)c(S(=O)(=O)N2CCC[C@@H](N(C)CCCN(C)C)C2)c1. The third kappa shape index (κ3) is 5.26. The number of likely N-dealkylation sites (N-methyl/N-ethyl adjacent to an activating group) is 1. The second-order valence-electron chi connectivity index (χ2n) is 7.57. The number of piperidine rings is 1. The van der Waals surface area contributed by atoms with E-state index >= 15 is 0 Å². The highest BCUT2D eigenvalue weighted by molar-refractivity contribution is 7.89. The number of hydrogen-bond donors (Lipinski definition) is 0. The Labute approximate surface area is 153 Å². The van der Waals surface area contributed by atoms with Crippen LogP contribution in [0.3, 0.4) is 0 Å². The van der Waals surface area contributed by atoms with Crippen LogP contribution in [0.15, 0.2) is 23.1 Å². The monoisotopic (exact) mass is 367 g/mol. The third-order valence-corrected chi connectivity index (χ3v) is 7.07. The van der Waals surface area contributed by atoms with Crippen molar-refractivity contribution in [3.05, 3.63) is 29.3 Å². The first-order chi connectivity index (χ1) is 11.7. The van der Waals surface area contributed by atoms with E-state index in [0.717, 1.165) is 43.5 Å². The van der Waals surface area contributed by atoms with Crippen LogP contribution in [0.25, 0.3) is 0 Å². The van der Waals surface area contributed by atoms with E-state index in [1.54, 1.807) is 10.4 Å². The van der Waals surface area contributed by atoms with Crippen molar-refractivity contribution >= 4 is 10.0 Å². The molecule has 0 radical (unpaired) electrons. The first kappa shape index (κ1) is 20.4. The van der Waals surface area contributed by atoms with E-state index in [1.165, 1.54) is 0 Å². The van der Waals surface area contributed by atoms with Gasteiger partial charge in [-0.2, -0.15) is 4.31 Å². The molecular weight excluding hydrogens is 334 g/mol. The minimum atomic E-state index is -3.42. The van der Waals surface area contributed by atoms with E-state index in [2.05, 4.69) is 30.9 Å². The summed E-state index contributed by atoms with van der Waals surface area (Å²) in [5.41, 5.74) is 1.81. The summed E-state index contributed by atoms with van der Waals surface area (Å²) in [5, 5.41) is 0. The molecule has 1 aromatic carbocycles. The summed E-state index contributed by atoms with van der Waals surface area (Å²) < 4.78 is 28.0. The molecule has 1 aliphatic heterocycles. The van der Waals surface area contributed by atoms with Gasteiger partial charge < -0.3 is 9.80 Å². The fourth-order valence-electron chi connectivity index (χ4n) is 3.44. The molecular formula is C19H33N3O2S. The molecule has 0 amide bonds. The summed E-state index contributed by atoms with van der Waals surface area (Å²) in [6.07, 6.45) is 3.09. The highest BCUT2D eigenvalue weighted by Gasteiger charge is 2.32. The van der Waals surface area contributed by atoms with Crippen molar-refractivity contribution in [1.29, 1.82) is 0 Å². The minimum Gasteiger partial charge on any atom is -0.309 e. The Balaban J connectivity index is 2.08. The summed E-state index contributed by atoms with van der Waals surface area (Å²) in [4.78, 5) is 4.98. The van der Waals surface area contributed by atoms with Crippen molar-refractivity contribution in [3.8, 4) is 0 Å². The Morgan fingerprint density at radius 2 is 1.88 bits per heavy atom. The van der Waals surface area contributed by atoms with Crippen LogP contribution in [-0.2, 0) is 10.0 Å². The van der Waals surface area contributed by atoms with Gasteiger partial charge in [-0.15, -0.1) is 0 Å². The first-order valence-corrected chi connectivity index (χ1v) is 10.6. The van der Waals surface area contributed by atoms with E-state index in [1.807, 2.05) is 26.0 Å². The van der Waals surface area contributed by atoms with Crippen LogP contribution in [0.5, 0.6) is 0 Å². The van der Waals surface area contributed by atoms with Gasteiger partial charge in [0.15, 0.2) is 0 Å². The molecule has 1 atom stereocenters. The smallest absolute Gasteiger partial charge is 0.243 e. The summed E-state index contributed by atoms with van der Waals surface area (Å²) >= 11 is 0. The molecule has 0 saturated carbocycles. The number of hydrogen-bond acceptors (Lipinski definition) is 4. The van der Waals surface area contributed by atoms with Crippen molar-refractivity contribution in [1.82, 2.24) is 14.1 Å². The van der Waals surface area contributed by atoms with Crippen molar-refractivity contribution in [2.45, 2.75) is 44.0 Å². The van der Waals surface area contributed by atoms with Crippen LogP contribution in [0.1, 0.15) is 30.4 Å².